The molecular weight excluding hydrogens is 1090 g/mol. The van der Waals surface area contributed by atoms with E-state index in [0.717, 1.165) is 13.8 Å². The number of aliphatic hydroxyl groups excluding tert-OH is 19. The molecule has 0 aliphatic carbocycles. The Morgan fingerprint density at radius 2 is 0.899 bits per heavy atom. The van der Waals surface area contributed by atoms with Crippen LogP contribution in [0.3, 0.4) is 0 Å². The number of ether oxygens (including phenoxy) is 11. The Bertz CT molecular complexity index is 1970. The Morgan fingerprint density at radius 1 is 0.494 bits per heavy atom. The minimum absolute atomic E-state index is 0.836. The molecule has 6 saturated heterocycles. The van der Waals surface area contributed by atoms with Crippen molar-refractivity contribution >= 4 is 17.8 Å². The number of aliphatic carboxylic acids is 1. The van der Waals surface area contributed by atoms with E-state index in [9.17, 15) is 117 Å². The normalized spacial score (nSPS) is 47.7. The third-order valence-electron chi connectivity index (χ3n) is 14.2. The summed E-state index contributed by atoms with van der Waals surface area (Å²) in [6, 6.07) is -3.60. The molecule has 0 saturated carbocycles. The van der Waals surface area contributed by atoms with Gasteiger partial charge in [0.2, 0.25) is 11.8 Å². The number of aliphatic hydroxyl groups is 19. The van der Waals surface area contributed by atoms with Gasteiger partial charge in [0, 0.05) is 20.3 Å². The highest BCUT2D eigenvalue weighted by Gasteiger charge is 2.61. The van der Waals surface area contributed by atoms with Crippen LogP contribution < -0.4 is 10.6 Å². The second-order valence-corrected chi connectivity index (χ2v) is 19.7. The Labute approximate surface area is 446 Å². The molecule has 6 aliphatic heterocycles. The van der Waals surface area contributed by atoms with E-state index >= 15 is 0 Å². The van der Waals surface area contributed by atoms with Crippen LogP contribution in [-0.2, 0) is 66.5 Å². The summed E-state index contributed by atoms with van der Waals surface area (Å²) in [5.74, 6) is -7.11. The van der Waals surface area contributed by atoms with Gasteiger partial charge < -0.3 is 165 Å². The molecular formula is C43H72N2O34. The van der Waals surface area contributed by atoms with Gasteiger partial charge in [-0.15, -0.1) is 0 Å². The first-order valence-electron chi connectivity index (χ1n) is 24.8. The molecule has 0 aromatic rings. The number of hydrogen-bond donors (Lipinski definition) is 22. The van der Waals surface area contributed by atoms with Gasteiger partial charge in [-0.2, -0.15) is 0 Å². The number of hydrogen-bond acceptors (Lipinski definition) is 33. The van der Waals surface area contributed by atoms with Crippen molar-refractivity contribution in [1.82, 2.24) is 10.6 Å². The van der Waals surface area contributed by atoms with Crippen molar-refractivity contribution in [2.75, 3.05) is 39.6 Å². The Kier molecular flexibility index (Phi) is 22.9. The van der Waals surface area contributed by atoms with Crippen LogP contribution in [0.4, 0.5) is 0 Å². The van der Waals surface area contributed by atoms with Crippen molar-refractivity contribution in [2.45, 2.75) is 210 Å². The lowest BCUT2D eigenvalue weighted by Gasteiger charge is -2.51. The van der Waals surface area contributed by atoms with Gasteiger partial charge in [0.05, 0.1) is 51.8 Å². The van der Waals surface area contributed by atoms with Gasteiger partial charge in [0.25, 0.3) is 5.79 Å². The molecule has 458 valence electrons. The van der Waals surface area contributed by atoms with Crippen LogP contribution in [0, 0.1) is 0 Å². The lowest BCUT2D eigenvalue weighted by Crippen LogP contribution is -2.71. The predicted molar refractivity (Wildman–Crippen MR) is 240 cm³/mol. The molecule has 2 amide bonds. The molecule has 6 fully saturated rings. The second-order valence-electron chi connectivity index (χ2n) is 19.7. The lowest BCUT2D eigenvalue weighted by atomic mass is 9.88. The van der Waals surface area contributed by atoms with Crippen LogP contribution in [0.5, 0.6) is 0 Å². The van der Waals surface area contributed by atoms with Gasteiger partial charge in [-0.25, -0.2) is 4.79 Å². The molecule has 36 nitrogen and oxygen atoms in total. The van der Waals surface area contributed by atoms with E-state index in [-0.39, 0.29) is 0 Å². The SMILES string of the molecule is CC(=O)N[C@H]1[C@H](O[C@H]2[C@@H](O)[C@@H](CO)O[C@H](O[C@@H]3[C@H](O)[C@@H](O)[C@H](O[C@H]4[C@H](O)[C@@H](O)C(O)O[C@@H]4CO)O[C@@H]3CO)[C@@H]2O)O[C@H](CO)[C@H](O)[C@@H]1O[C@@H]1O[C@H](CO)[C@H](O)[C@H](O[C@]2(C(=O)O)C[C@H](O)[C@@H](NC(C)=O)[C@H]([C@H](O)[C@H](O)CO)O2)[C@H]1O. The van der Waals surface area contributed by atoms with Crippen LogP contribution in [0.2, 0.25) is 0 Å². The standard InChI is InChI=1S/C43H72N2O34/c1-10(52)44-19-12(54)3-43(42(67)68,78-34(19)21(56)13(55)4-46)79-36-24(59)16(7-49)72-41(30(36)65)76-33-20(45-11(2)53)38(70-14(5-47)22(33)57)77-35-23(58)15(6-48)71-40(29(35)64)75-32-18(9-51)73-39(28(63)26(32)61)74-31-17(8-50)69-37(66)27(62)25(31)60/h12-41,46-51,54-66H,3-9H2,1-2H3,(H,44,52)(H,45,53)(H,67,68)/t12-,13+,14+,15+,16+,17+,18+,19+,20+,21+,22-,23-,24-,25+,26+,27+,28+,29+,30+,31+,32-,33+,34+,35-,36-,37?,38-,39-,40+,41-,43-/m0/s1. The first-order chi connectivity index (χ1) is 37.2. The van der Waals surface area contributed by atoms with Gasteiger partial charge in [0.1, 0.15) is 140 Å². The van der Waals surface area contributed by atoms with Crippen molar-refractivity contribution in [3.05, 3.63) is 0 Å². The van der Waals surface area contributed by atoms with Crippen molar-refractivity contribution in [3.8, 4) is 0 Å². The Morgan fingerprint density at radius 3 is 1.39 bits per heavy atom. The van der Waals surface area contributed by atoms with E-state index in [1.807, 2.05) is 0 Å². The number of carboxylic acid groups (broad SMARTS) is 1. The van der Waals surface area contributed by atoms with Gasteiger partial charge in [0.15, 0.2) is 31.5 Å². The average Bonchev–Trinajstić information content (AvgIpc) is 3.54. The summed E-state index contributed by atoms with van der Waals surface area (Å²) in [5, 5.41) is 219. The predicted octanol–water partition coefficient (Wildman–Crippen LogP) is -14.6. The summed E-state index contributed by atoms with van der Waals surface area (Å²) < 4.78 is 62.2. The molecule has 0 aromatic carbocycles. The third-order valence-corrected chi connectivity index (χ3v) is 14.2. The first-order valence-corrected chi connectivity index (χ1v) is 24.8. The topological polar surface area (TPSA) is 581 Å². The van der Waals surface area contributed by atoms with Crippen molar-refractivity contribution in [1.29, 1.82) is 0 Å². The summed E-state index contributed by atoms with van der Waals surface area (Å²) in [6.45, 7) is -4.53. The zero-order valence-electron chi connectivity index (χ0n) is 41.9. The van der Waals surface area contributed by atoms with Gasteiger partial charge >= 0.3 is 5.97 Å². The quantitative estimate of drug-likeness (QED) is 0.0507. The van der Waals surface area contributed by atoms with E-state index in [1.54, 1.807) is 0 Å². The summed E-state index contributed by atoms with van der Waals surface area (Å²) in [7, 11) is 0. The molecule has 6 aliphatic rings. The van der Waals surface area contributed by atoms with E-state index in [2.05, 4.69) is 10.6 Å². The summed E-state index contributed by atoms with van der Waals surface area (Å²) in [4.78, 5) is 38.0. The largest absolute Gasteiger partial charge is 0.477 e. The van der Waals surface area contributed by atoms with Gasteiger partial charge in [-0.3, -0.25) is 9.59 Å². The molecule has 1 unspecified atom stereocenters. The highest BCUT2D eigenvalue weighted by Crippen LogP contribution is 2.40. The summed E-state index contributed by atoms with van der Waals surface area (Å²) >= 11 is 0. The minimum atomic E-state index is -3.23. The maximum absolute atomic E-state index is 13.1. The summed E-state index contributed by atoms with van der Waals surface area (Å²) in [6.07, 6.45) is -58.6. The number of rotatable bonds is 21. The smallest absolute Gasteiger partial charge is 0.364 e. The fourth-order valence-corrected chi connectivity index (χ4v) is 10.0. The molecule has 0 bridgehead atoms. The molecule has 36 heteroatoms. The van der Waals surface area contributed by atoms with E-state index < -0.39 is 254 Å². The maximum Gasteiger partial charge on any atom is 0.364 e. The minimum Gasteiger partial charge on any atom is -0.477 e. The van der Waals surface area contributed by atoms with Crippen LogP contribution in [0.15, 0.2) is 0 Å². The first kappa shape index (κ1) is 65.4. The molecule has 0 radical (unpaired) electrons. The zero-order chi connectivity index (χ0) is 58.7. The van der Waals surface area contributed by atoms with Gasteiger partial charge in [-0.05, 0) is 0 Å². The molecule has 22 N–H and O–H groups in total. The van der Waals surface area contributed by atoms with Crippen molar-refractivity contribution in [2.24, 2.45) is 0 Å². The zero-order valence-corrected chi connectivity index (χ0v) is 41.9. The second kappa shape index (κ2) is 27.7. The molecule has 31 atom stereocenters. The highest BCUT2D eigenvalue weighted by molar-refractivity contribution is 5.76. The van der Waals surface area contributed by atoms with Gasteiger partial charge in [-0.1, -0.05) is 0 Å². The molecule has 79 heavy (non-hydrogen) atoms. The molecule has 0 spiro atoms. The fourth-order valence-electron chi connectivity index (χ4n) is 10.0. The highest BCUT2D eigenvalue weighted by atomic mass is 16.8. The number of nitrogens with one attached hydrogen (secondary N) is 2. The fraction of sp³-hybridized carbons (Fsp3) is 0.930. The molecule has 6 heterocycles. The van der Waals surface area contributed by atoms with Crippen LogP contribution in [0.25, 0.3) is 0 Å². The third kappa shape index (κ3) is 13.9. The molecule has 6 rings (SSSR count). The van der Waals surface area contributed by atoms with Crippen molar-refractivity contribution < 1.29 is 169 Å². The number of carbonyl (C=O) groups excluding carboxylic acids is 2. The Hall–Kier alpha value is -2.79. The number of amides is 2. The van der Waals surface area contributed by atoms with Crippen LogP contribution in [0.1, 0.15) is 20.3 Å². The number of carboxylic acids is 1. The van der Waals surface area contributed by atoms with E-state index in [1.165, 1.54) is 0 Å². The maximum atomic E-state index is 13.1. The average molecular weight is 1160 g/mol. The lowest BCUT2D eigenvalue weighted by molar-refractivity contribution is -0.392. The van der Waals surface area contributed by atoms with Crippen LogP contribution in [-0.4, -0.2) is 349 Å². The van der Waals surface area contributed by atoms with E-state index in [4.69, 9.17) is 52.1 Å². The molecule has 0 aromatic heterocycles. The van der Waals surface area contributed by atoms with E-state index in [0.29, 0.717) is 0 Å². The number of carbonyl (C=O) groups is 3. The van der Waals surface area contributed by atoms with Crippen LogP contribution >= 0.6 is 0 Å². The van der Waals surface area contributed by atoms with Crippen molar-refractivity contribution in [3.63, 3.8) is 0 Å². The monoisotopic (exact) mass is 1160 g/mol. The Balaban J connectivity index is 1.25. The summed E-state index contributed by atoms with van der Waals surface area (Å²) in [5.41, 5.74) is 0.